The number of nitrogens with zero attached hydrogens (tertiary/aromatic N) is 1. The van der Waals surface area contributed by atoms with Crippen LogP contribution in [0.5, 0.6) is 0 Å². The van der Waals surface area contributed by atoms with Crippen LogP contribution in [0, 0.1) is 5.92 Å². The third-order valence-electron chi connectivity index (χ3n) is 4.03. The first-order chi connectivity index (χ1) is 10.2. The molecule has 1 N–H and O–H groups in total. The van der Waals surface area contributed by atoms with Crippen molar-refractivity contribution in [1.29, 1.82) is 0 Å². The lowest BCUT2D eigenvalue weighted by atomic mass is 9.99. The van der Waals surface area contributed by atoms with Gasteiger partial charge in [0.25, 0.3) is 0 Å². The van der Waals surface area contributed by atoms with Crippen molar-refractivity contribution in [2.24, 2.45) is 5.92 Å². The Hall–Kier alpha value is -1.29. The van der Waals surface area contributed by atoms with Gasteiger partial charge in [0.05, 0.1) is 6.54 Å². The average Bonchev–Trinajstić information content (AvgIpc) is 2.96. The summed E-state index contributed by atoms with van der Waals surface area (Å²) in [4.78, 5) is 2.36. The van der Waals surface area contributed by atoms with Crippen molar-refractivity contribution in [3.8, 4) is 11.3 Å². The van der Waals surface area contributed by atoms with Crippen LogP contribution < -0.4 is 0 Å². The molecular formula is C17H20ClNO2. The molecule has 0 amide bonds. The second kappa shape index (κ2) is 6.65. The Labute approximate surface area is 130 Å². The first-order valence-electron chi connectivity index (χ1n) is 7.42. The first-order valence-corrected chi connectivity index (χ1v) is 7.80. The number of aliphatic hydroxyl groups excluding tert-OH is 1. The van der Waals surface area contributed by atoms with Crippen LogP contribution in [0.25, 0.3) is 11.3 Å². The molecule has 1 fully saturated rings. The fraction of sp³-hybridized carbons (Fsp3) is 0.412. The van der Waals surface area contributed by atoms with E-state index in [0.717, 1.165) is 54.6 Å². The molecule has 1 aromatic carbocycles. The van der Waals surface area contributed by atoms with Crippen LogP contribution in [0.1, 0.15) is 18.6 Å². The minimum Gasteiger partial charge on any atom is -0.460 e. The van der Waals surface area contributed by atoms with Gasteiger partial charge < -0.3 is 9.52 Å². The zero-order valence-electron chi connectivity index (χ0n) is 12.0. The van der Waals surface area contributed by atoms with Gasteiger partial charge in [0.1, 0.15) is 11.5 Å². The van der Waals surface area contributed by atoms with E-state index in [0.29, 0.717) is 5.92 Å². The molecule has 112 valence electrons. The van der Waals surface area contributed by atoms with Crippen LogP contribution in [-0.2, 0) is 6.54 Å². The smallest absolute Gasteiger partial charge is 0.134 e. The van der Waals surface area contributed by atoms with Gasteiger partial charge in [-0.2, -0.15) is 0 Å². The van der Waals surface area contributed by atoms with E-state index in [1.807, 2.05) is 36.4 Å². The van der Waals surface area contributed by atoms with E-state index < -0.39 is 0 Å². The summed E-state index contributed by atoms with van der Waals surface area (Å²) in [5.41, 5.74) is 1.04. The SMILES string of the molecule is OCC1CCCN(Cc2ccc(-c3ccc(Cl)cc3)o2)C1. The van der Waals surface area contributed by atoms with Gasteiger partial charge >= 0.3 is 0 Å². The Morgan fingerprint density at radius 3 is 2.76 bits per heavy atom. The molecule has 0 aliphatic carbocycles. The van der Waals surface area contributed by atoms with Crippen LogP contribution in [0.4, 0.5) is 0 Å². The molecule has 1 saturated heterocycles. The van der Waals surface area contributed by atoms with Crippen molar-refractivity contribution < 1.29 is 9.52 Å². The molecular weight excluding hydrogens is 286 g/mol. The Morgan fingerprint density at radius 1 is 1.19 bits per heavy atom. The third kappa shape index (κ3) is 3.67. The topological polar surface area (TPSA) is 36.6 Å². The summed E-state index contributed by atoms with van der Waals surface area (Å²) in [6, 6.07) is 11.7. The number of aliphatic hydroxyl groups is 1. The Morgan fingerprint density at radius 2 is 2.00 bits per heavy atom. The van der Waals surface area contributed by atoms with Crippen LogP contribution in [0.15, 0.2) is 40.8 Å². The number of benzene rings is 1. The average molecular weight is 306 g/mol. The summed E-state index contributed by atoms with van der Waals surface area (Å²) in [5, 5.41) is 10.0. The number of hydrogen-bond donors (Lipinski definition) is 1. The van der Waals surface area contributed by atoms with Crippen molar-refractivity contribution in [3.05, 3.63) is 47.2 Å². The maximum absolute atomic E-state index is 9.29. The predicted octanol–water partition coefficient (Wildman–Crippen LogP) is 3.80. The molecule has 1 aliphatic rings. The van der Waals surface area contributed by atoms with Gasteiger partial charge in [-0.15, -0.1) is 0 Å². The van der Waals surface area contributed by atoms with Gasteiger partial charge in [-0.3, -0.25) is 4.90 Å². The van der Waals surface area contributed by atoms with E-state index in [1.165, 1.54) is 0 Å². The van der Waals surface area contributed by atoms with E-state index in [9.17, 15) is 5.11 Å². The Kier molecular flexibility index (Phi) is 4.63. The zero-order valence-corrected chi connectivity index (χ0v) is 12.7. The minimum atomic E-state index is 0.282. The maximum atomic E-state index is 9.29. The standard InChI is InChI=1S/C17H20ClNO2/c18-15-5-3-14(4-6-15)17-8-7-16(21-17)11-19-9-1-2-13(10-19)12-20/h3-8,13,20H,1-2,9-12H2. The fourth-order valence-electron chi connectivity index (χ4n) is 2.90. The summed E-state index contributed by atoms with van der Waals surface area (Å²) in [6.07, 6.45) is 2.27. The monoisotopic (exact) mass is 305 g/mol. The summed E-state index contributed by atoms with van der Waals surface area (Å²) < 4.78 is 5.93. The largest absolute Gasteiger partial charge is 0.460 e. The highest BCUT2D eigenvalue weighted by Gasteiger charge is 2.20. The maximum Gasteiger partial charge on any atom is 0.134 e. The molecule has 1 unspecified atom stereocenters. The highest BCUT2D eigenvalue weighted by molar-refractivity contribution is 6.30. The second-order valence-corrected chi connectivity index (χ2v) is 6.14. The number of halogens is 1. The summed E-state index contributed by atoms with van der Waals surface area (Å²) in [6.45, 7) is 3.12. The highest BCUT2D eigenvalue weighted by Crippen LogP contribution is 2.25. The third-order valence-corrected chi connectivity index (χ3v) is 4.28. The van der Waals surface area contributed by atoms with Gasteiger partial charge in [0.2, 0.25) is 0 Å². The summed E-state index contributed by atoms with van der Waals surface area (Å²) in [5.74, 6) is 2.25. The minimum absolute atomic E-state index is 0.282. The summed E-state index contributed by atoms with van der Waals surface area (Å²) in [7, 11) is 0. The predicted molar refractivity (Wildman–Crippen MR) is 84.2 cm³/mol. The molecule has 0 bridgehead atoms. The molecule has 3 nitrogen and oxygen atoms in total. The number of rotatable bonds is 4. The molecule has 2 heterocycles. The normalized spacial score (nSPS) is 19.8. The van der Waals surface area contributed by atoms with Crippen molar-refractivity contribution in [1.82, 2.24) is 4.90 Å². The van der Waals surface area contributed by atoms with Crippen molar-refractivity contribution in [3.63, 3.8) is 0 Å². The molecule has 0 spiro atoms. The number of piperidine rings is 1. The van der Waals surface area contributed by atoms with Gasteiger partial charge in [0.15, 0.2) is 0 Å². The molecule has 0 radical (unpaired) electrons. The van der Waals surface area contributed by atoms with Gasteiger partial charge in [0, 0.05) is 23.7 Å². The first kappa shape index (κ1) is 14.6. The van der Waals surface area contributed by atoms with E-state index >= 15 is 0 Å². The second-order valence-electron chi connectivity index (χ2n) is 5.70. The zero-order chi connectivity index (χ0) is 14.7. The molecule has 2 aromatic rings. The molecule has 0 saturated carbocycles. The van der Waals surface area contributed by atoms with E-state index in [4.69, 9.17) is 16.0 Å². The molecule has 21 heavy (non-hydrogen) atoms. The molecule has 3 rings (SSSR count). The van der Waals surface area contributed by atoms with Crippen molar-refractivity contribution in [2.75, 3.05) is 19.7 Å². The fourth-order valence-corrected chi connectivity index (χ4v) is 3.02. The van der Waals surface area contributed by atoms with Crippen LogP contribution in [-0.4, -0.2) is 29.7 Å². The highest BCUT2D eigenvalue weighted by atomic mass is 35.5. The van der Waals surface area contributed by atoms with Gasteiger partial charge in [-0.25, -0.2) is 0 Å². The number of furan rings is 1. The molecule has 1 aromatic heterocycles. The molecule has 1 atom stereocenters. The lowest BCUT2D eigenvalue weighted by molar-refractivity contribution is 0.110. The lowest BCUT2D eigenvalue weighted by Crippen LogP contribution is -2.36. The van der Waals surface area contributed by atoms with E-state index in [1.54, 1.807) is 0 Å². The van der Waals surface area contributed by atoms with E-state index in [2.05, 4.69) is 4.90 Å². The van der Waals surface area contributed by atoms with Crippen LogP contribution in [0.2, 0.25) is 5.02 Å². The summed E-state index contributed by atoms with van der Waals surface area (Å²) >= 11 is 5.90. The van der Waals surface area contributed by atoms with E-state index in [-0.39, 0.29) is 6.61 Å². The number of likely N-dealkylation sites (tertiary alicyclic amines) is 1. The van der Waals surface area contributed by atoms with Crippen LogP contribution in [0.3, 0.4) is 0 Å². The Bertz CT molecular complexity index is 579. The molecule has 4 heteroatoms. The molecule has 1 aliphatic heterocycles. The number of hydrogen-bond acceptors (Lipinski definition) is 3. The van der Waals surface area contributed by atoms with Gasteiger partial charge in [-0.1, -0.05) is 11.6 Å². The quantitative estimate of drug-likeness (QED) is 0.933. The Balaban J connectivity index is 1.66. The van der Waals surface area contributed by atoms with Gasteiger partial charge in [-0.05, 0) is 61.7 Å². The van der Waals surface area contributed by atoms with Crippen molar-refractivity contribution in [2.45, 2.75) is 19.4 Å². The lowest BCUT2D eigenvalue weighted by Gasteiger charge is -2.30. The van der Waals surface area contributed by atoms with Crippen molar-refractivity contribution >= 4 is 11.6 Å². The van der Waals surface area contributed by atoms with Crippen LogP contribution >= 0.6 is 11.6 Å².